The minimum atomic E-state index is 0.535. The summed E-state index contributed by atoms with van der Waals surface area (Å²) in [4.78, 5) is 0. The van der Waals surface area contributed by atoms with E-state index in [-0.39, 0.29) is 0 Å². The molecule has 0 unspecified atom stereocenters. The van der Waals surface area contributed by atoms with E-state index in [2.05, 4.69) is 15.3 Å². The lowest BCUT2D eigenvalue weighted by Gasteiger charge is -2.05. The maximum atomic E-state index is 6.88. The number of nitrogens with zero attached hydrogens (tertiary/aromatic N) is 6. The predicted molar refractivity (Wildman–Crippen MR) is 114 cm³/mol. The molecule has 0 aliphatic rings. The molecule has 0 atom stereocenters. The van der Waals surface area contributed by atoms with Crippen LogP contribution < -0.4 is 0 Å². The first kappa shape index (κ1) is 17.6. The summed E-state index contributed by atoms with van der Waals surface area (Å²) < 4.78 is 3.60. The molecule has 0 saturated carbocycles. The third-order valence-corrected chi connectivity index (χ3v) is 5.15. The van der Waals surface area contributed by atoms with Crippen LogP contribution in [0.4, 0.5) is 0 Å². The maximum Gasteiger partial charge on any atom is 0.182 e. The number of aryl methyl sites for hydroxylation is 1. The number of rotatable bonds is 4. The van der Waals surface area contributed by atoms with Gasteiger partial charge in [0.05, 0.1) is 23.2 Å². The fourth-order valence-corrected chi connectivity index (χ4v) is 3.75. The molecule has 0 fully saturated rings. The lowest BCUT2D eigenvalue weighted by Crippen LogP contribution is -2.03. The van der Waals surface area contributed by atoms with Gasteiger partial charge in [-0.25, -0.2) is 4.68 Å². The van der Waals surface area contributed by atoms with Gasteiger partial charge in [-0.3, -0.25) is 4.68 Å². The van der Waals surface area contributed by atoms with E-state index in [1.54, 1.807) is 4.68 Å². The molecular formula is C22H17ClN6. The summed E-state index contributed by atoms with van der Waals surface area (Å²) in [6.45, 7) is 0.535. The van der Waals surface area contributed by atoms with Crippen LogP contribution >= 0.6 is 11.6 Å². The van der Waals surface area contributed by atoms with Crippen molar-refractivity contribution >= 4 is 22.6 Å². The standard InChI is InChI=1S/C22H17ClN6/c1-28-13-15(12-24-28)14-29-22-18(20(27-29)16-8-4-2-5-9-16)19(23)21(25-26-22)17-10-6-3-7-11-17/h2-13H,14H2,1H3. The van der Waals surface area contributed by atoms with Crippen LogP contribution in [0.2, 0.25) is 5.02 Å². The van der Waals surface area contributed by atoms with Crippen LogP contribution in [0, 0.1) is 0 Å². The molecule has 3 aromatic heterocycles. The quantitative estimate of drug-likeness (QED) is 0.442. The average molecular weight is 401 g/mol. The Morgan fingerprint density at radius 2 is 1.52 bits per heavy atom. The van der Waals surface area contributed by atoms with Crippen LogP contribution in [0.25, 0.3) is 33.5 Å². The summed E-state index contributed by atoms with van der Waals surface area (Å²) >= 11 is 6.88. The van der Waals surface area contributed by atoms with Crippen LogP contribution in [-0.2, 0) is 13.6 Å². The van der Waals surface area contributed by atoms with Crippen molar-refractivity contribution in [1.29, 1.82) is 0 Å². The van der Waals surface area contributed by atoms with Gasteiger partial charge in [0.2, 0.25) is 0 Å². The van der Waals surface area contributed by atoms with Crippen LogP contribution in [-0.4, -0.2) is 29.8 Å². The first-order chi connectivity index (χ1) is 14.2. The molecule has 7 heteroatoms. The Labute approximate surface area is 172 Å². The highest BCUT2D eigenvalue weighted by molar-refractivity contribution is 6.38. The van der Waals surface area contributed by atoms with Crippen molar-refractivity contribution in [2.75, 3.05) is 0 Å². The van der Waals surface area contributed by atoms with Gasteiger partial charge in [-0.05, 0) is 0 Å². The molecule has 6 nitrogen and oxygen atoms in total. The summed E-state index contributed by atoms with van der Waals surface area (Å²) in [6, 6.07) is 19.8. The Bertz CT molecular complexity index is 1290. The molecule has 3 heterocycles. The van der Waals surface area contributed by atoms with Crippen molar-refractivity contribution in [2.24, 2.45) is 7.05 Å². The number of halogens is 1. The van der Waals surface area contributed by atoms with E-state index in [1.807, 2.05) is 84.8 Å². The third kappa shape index (κ3) is 3.17. The maximum absolute atomic E-state index is 6.88. The summed E-state index contributed by atoms with van der Waals surface area (Å²) in [5, 5.41) is 19.4. The smallest absolute Gasteiger partial charge is 0.182 e. The monoisotopic (exact) mass is 400 g/mol. The van der Waals surface area contributed by atoms with Crippen molar-refractivity contribution in [1.82, 2.24) is 29.8 Å². The van der Waals surface area contributed by atoms with Gasteiger partial charge in [-0.2, -0.15) is 10.2 Å². The van der Waals surface area contributed by atoms with E-state index >= 15 is 0 Å². The van der Waals surface area contributed by atoms with E-state index in [0.29, 0.717) is 22.9 Å². The van der Waals surface area contributed by atoms with Gasteiger partial charge in [0.1, 0.15) is 11.4 Å². The molecule has 5 aromatic rings. The number of hydrogen-bond acceptors (Lipinski definition) is 4. The van der Waals surface area contributed by atoms with Crippen molar-refractivity contribution < 1.29 is 0 Å². The lowest BCUT2D eigenvalue weighted by molar-refractivity contribution is 0.700. The highest BCUT2D eigenvalue weighted by atomic mass is 35.5. The van der Waals surface area contributed by atoms with Gasteiger partial charge in [-0.1, -0.05) is 72.3 Å². The topological polar surface area (TPSA) is 61.4 Å². The Morgan fingerprint density at radius 3 is 2.14 bits per heavy atom. The van der Waals surface area contributed by atoms with Crippen molar-refractivity contribution in [3.63, 3.8) is 0 Å². The molecule has 0 aliphatic heterocycles. The van der Waals surface area contributed by atoms with Gasteiger partial charge < -0.3 is 0 Å². The largest absolute Gasteiger partial charge is 0.275 e. The van der Waals surface area contributed by atoms with E-state index in [0.717, 1.165) is 27.8 Å². The summed E-state index contributed by atoms with van der Waals surface area (Å²) in [6.07, 6.45) is 3.78. The van der Waals surface area contributed by atoms with Crippen molar-refractivity contribution in [2.45, 2.75) is 6.54 Å². The normalized spacial score (nSPS) is 11.2. The second-order valence-electron chi connectivity index (χ2n) is 6.82. The fourth-order valence-electron chi connectivity index (χ4n) is 3.43. The van der Waals surface area contributed by atoms with Crippen LogP contribution in [0.3, 0.4) is 0 Å². The molecule has 0 amide bonds. The van der Waals surface area contributed by atoms with Gasteiger partial charge >= 0.3 is 0 Å². The van der Waals surface area contributed by atoms with Gasteiger partial charge in [-0.15, -0.1) is 10.2 Å². The SMILES string of the molecule is Cn1cc(Cn2nc(-c3ccccc3)c3c(Cl)c(-c4ccccc4)nnc32)cn1. The lowest BCUT2D eigenvalue weighted by atomic mass is 10.1. The minimum Gasteiger partial charge on any atom is -0.275 e. The zero-order chi connectivity index (χ0) is 19.8. The number of fused-ring (bicyclic) bond motifs is 1. The summed E-state index contributed by atoms with van der Waals surface area (Å²) in [5.74, 6) is 0. The second-order valence-corrected chi connectivity index (χ2v) is 7.20. The molecule has 0 N–H and O–H groups in total. The van der Waals surface area contributed by atoms with Gasteiger partial charge in [0.25, 0.3) is 0 Å². The molecular weight excluding hydrogens is 384 g/mol. The average Bonchev–Trinajstić information content (AvgIpc) is 3.34. The highest BCUT2D eigenvalue weighted by Crippen LogP contribution is 2.37. The first-order valence-electron chi connectivity index (χ1n) is 9.22. The molecule has 0 saturated heterocycles. The Hall–Kier alpha value is -3.51. The van der Waals surface area contributed by atoms with E-state index in [9.17, 15) is 0 Å². The zero-order valence-corrected chi connectivity index (χ0v) is 16.5. The van der Waals surface area contributed by atoms with Crippen LogP contribution in [0.1, 0.15) is 5.56 Å². The van der Waals surface area contributed by atoms with Gasteiger partial charge in [0.15, 0.2) is 5.65 Å². The Balaban J connectivity index is 1.74. The second kappa shape index (κ2) is 7.14. The summed E-state index contributed by atoms with van der Waals surface area (Å²) in [7, 11) is 1.89. The van der Waals surface area contributed by atoms with E-state index in [1.165, 1.54) is 0 Å². The van der Waals surface area contributed by atoms with Crippen LogP contribution in [0.5, 0.6) is 0 Å². The molecule has 142 valence electrons. The van der Waals surface area contributed by atoms with E-state index < -0.39 is 0 Å². The number of benzene rings is 2. The fraction of sp³-hybridized carbons (Fsp3) is 0.0909. The molecule has 5 rings (SSSR count). The molecule has 0 bridgehead atoms. The molecule has 2 aromatic carbocycles. The molecule has 0 radical (unpaired) electrons. The first-order valence-corrected chi connectivity index (χ1v) is 9.59. The highest BCUT2D eigenvalue weighted by Gasteiger charge is 2.21. The van der Waals surface area contributed by atoms with Crippen molar-refractivity contribution in [3.05, 3.63) is 83.6 Å². The number of aromatic nitrogens is 6. The predicted octanol–water partition coefficient (Wildman–Crippen LogP) is 4.60. The molecule has 0 spiro atoms. The van der Waals surface area contributed by atoms with Gasteiger partial charge in [0, 0.05) is 29.9 Å². The Morgan fingerprint density at radius 1 is 0.862 bits per heavy atom. The minimum absolute atomic E-state index is 0.535. The number of hydrogen-bond donors (Lipinski definition) is 0. The van der Waals surface area contributed by atoms with Crippen molar-refractivity contribution in [3.8, 4) is 22.5 Å². The Kier molecular flexibility index (Phi) is 4.33. The van der Waals surface area contributed by atoms with E-state index in [4.69, 9.17) is 16.7 Å². The summed E-state index contributed by atoms with van der Waals surface area (Å²) in [5.41, 5.74) is 5.03. The van der Waals surface area contributed by atoms with Crippen LogP contribution in [0.15, 0.2) is 73.1 Å². The zero-order valence-electron chi connectivity index (χ0n) is 15.7. The third-order valence-electron chi connectivity index (χ3n) is 4.78. The molecule has 0 aliphatic carbocycles. The molecule has 29 heavy (non-hydrogen) atoms.